The van der Waals surface area contributed by atoms with Crippen molar-refractivity contribution in [2.45, 2.75) is 178 Å². The predicted octanol–water partition coefficient (Wildman–Crippen LogP) is 13.7. The molecule has 6 aromatic carbocycles. The van der Waals surface area contributed by atoms with Crippen molar-refractivity contribution in [1.82, 2.24) is 26.6 Å². The highest BCUT2D eigenvalue weighted by molar-refractivity contribution is 6.31. The van der Waals surface area contributed by atoms with Gasteiger partial charge in [-0.05, 0) is 135 Å². The van der Waals surface area contributed by atoms with E-state index in [1.54, 1.807) is 63.2 Å². The summed E-state index contributed by atoms with van der Waals surface area (Å²) in [5.41, 5.74) is 3.57. The molecule has 0 heterocycles. The van der Waals surface area contributed by atoms with E-state index in [1.165, 1.54) is 56.9 Å². The minimum atomic E-state index is -1.36. The van der Waals surface area contributed by atoms with E-state index in [9.17, 15) is 33.6 Å². The van der Waals surface area contributed by atoms with Gasteiger partial charge in [-0.25, -0.2) is 4.79 Å². The zero-order chi connectivity index (χ0) is 65.9. The Labute approximate surface area is 558 Å². The van der Waals surface area contributed by atoms with Gasteiger partial charge in [0.05, 0.1) is 19.4 Å². The Bertz CT molecular complexity index is 3500. The molecular weight excluding hydrogens is 1210 g/mol. The van der Waals surface area contributed by atoms with Crippen LogP contribution in [0.15, 0.2) is 158 Å². The van der Waals surface area contributed by atoms with Crippen LogP contribution in [0.1, 0.15) is 169 Å². The van der Waals surface area contributed by atoms with Gasteiger partial charge >= 0.3 is 12.1 Å². The maximum Gasteiger partial charge on any atom is 0.408 e. The van der Waals surface area contributed by atoms with E-state index < -0.39 is 52.5 Å². The minimum Gasteiger partial charge on any atom is -0.444 e. The van der Waals surface area contributed by atoms with E-state index in [0.717, 1.165) is 48.3 Å². The molecule has 0 radical (unpaired) electrons. The van der Waals surface area contributed by atoms with Crippen LogP contribution in [0, 0.1) is 11.3 Å². The Balaban J connectivity index is 0.743. The van der Waals surface area contributed by atoms with Crippen LogP contribution in [0.4, 0.5) is 10.5 Å². The summed E-state index contributed by atoms with van der Waals surface area (Å²) in [6, 6.07) is 47.3. The van der Waals surface area contributed by atoms with E-state index in [-0.39, 0.29) is 61.8 Å². The molecule has 5 atom stereocenters. The Morgan fingerprint density at radius 2 is 1.14 bits per heavy atom. The number of benzene rings is 6. The first-order valence-electron chi connectivity index (χ1n) is 33.2. The molecule has 6 aromatic rings. The van der Waals surface area contributed by atoms with Crippen molar-refractivity contribution < 1.29 is 43.0 Å². The van der Waals surface area contributed by atoms with Crippen LogP contribution < -0.4 is 31.9 Å². The number of hydrogen-bond donors (Lipinski definition) is 6. The highest BCUT2D eigenvalue weighted by Crippen LogP contribution is 2.51. The average Bonchev–Trinajstić information content (AvgIpc) is 0.904. The number of fused-ring (bicyclic) bond motifs is 2. The van der Waals surface area contributed by atoms with E-state index in [0.29, 0.717) is 64.8 Å². The SMILES string of the molecule is CC(C)(C)OC(=O)N[C@@H](Cc1ccc(NC(=O)[C@H](Cc2ccccc2Cl)NC(=O)Cc2ccccc2)cc1)C(=O)NCC(=O)NCCCCCNC(=O)CC1(CC(=O)OC(c2ccccc2)(c2ccc(C34CCCCC(CCC3)C4)cc2)c2ccccc2Cl)CCCC1. The lowest BCUT2D eigenvalue weighted by atomic mass is 9.64. The van der Waals surface area contributed by atoms with Gasteiger partial charge in [-0.1, -0.05) is 202 Å². The summed E-state index contributed by atoms with van der Waals surface area (Å²) in [4.78, 5) is 95.3. The smallest absolute Gasteiger partial charge is 0.408 e. The van der Waals surface area contributed by atoms with E-state index in [2.05, 4.69) is 56.2 Å². The molecule has 0 saturated heterocycles. The van der Waals surface area contributed by atoms with Crippen molar-refractivity contribution in [3.8, 4) is 0 Å². The maximum atomic E-state index is 14.8. The molecule has 93 heavy (non-hydrogen) atoms. The lowest BCUT2D eigenvalue weighted by molar-refractivity contribution is -0.156. The zero-order valence-electron chi connectivity index (χ0n) is 53.9. The Kier molecular flexibility index (Phi) is 24.4. The van der Waals surface area contributed by atoms with Gasteiger partial charge in [-0.3, -0.25) is 28.8 Å². The van der Waals surface area contributed by atoms with Crippen molar-refractivity contribution in [3.63, 3.8) is 0 Å². The molecule has 0 spiro atoms. The number of carbonyl (C=O) groups is 7. The van der Waals surface area contributed by atoms with Gasteiger partial charge in [0.1, 0.15) is 17.7 Å². The standard InChI is InChI=1S/C76H90Cl2N6O9/c1-73(2,3)93-72(91)84-64(46-54-32-38-60(39-33-54)82-71(90)65(48-56-26-11-13-30-62(56)77)83-66(85)47-53-22-7-4-8-23-53)70(89)81-52-68(87)80-45-20-6-19-44-79-67(86)50-74(40-17-18-41-74)51-69(88)92-76(58-27-9-5-10-28-58,61-29-12-14-31-63(61)78)59-36-34-57(35-37-59)75-42-16-15-24-55(49-75)25-21-43-75/h4-5,7-14,22-23,26-39,55,64-65H,6,15-21,24-25,40-52H2,1-3H3,(H,79,86)(H,80,87)(H,81,89)(H,82,90)(H,83,85)(H,84,91)/t55?,64-,65-,75?,76?/m0/s1. The largest absolute Gasteiger partial charge is 0.444 e. The molecule has 492 valence electrons. The second kappa shape index (κ2) is 32.7. The summed E-state index contributed by atoms with van der Waals surface area (Å²) in [5, 5.41) is 17.9. The summed E-state index contributed by atoms with van der Waals surface area (Å²) in [6.45, 7) is 5.53. The van der Waals surface area contributed by atoms with Gasteiger partial charge in [0.2, 0.25) is 29.5 Å². The van der Waals surface area contributed by atoms with Crippen LogP contribution in [-0.4, -0.2) is 78.9 Å². The molecule has 15 nitrogen and oxygen atoms in total. The van der Waals surface area contributed by atoms with Gasteiger partial charge in [-0.2, -0.15) is 0 Å². The number of hydrogen-bond acceptors (Lipinski definition) is 9. The third kappa shape index (κ3) is 19.5. The van der Waals surface area contributed by atoms with Gasteiger partial charge in [0, 0.05) is 64.8 Å². The molecule has 6 amide bonds. The lowest BCUT2D eigenvalue weighted by Crippen LogP contribution is -2.51. The van der Waals surface area contributed by atoms with Crippen LogP contribution in [-0.2, 0) is 68.5 Å². The van der Waals surface area contributed by atoms with Crippen LogP contribution >= 0.6 is 23.2 Å². The monoisotopic (exact) mass is 1300 g/mol. The normalized spacial score (nSPS) is 18.0. The fourth-order valence-corrected chi connectivity index (χ4v) is 14.5. The highest BCUT2D eigenvalue weighted by atomic mass is 35.5. The Morgan fingerprint density at radius 3 is 1.83 bits per heavy atom. The topological polar surface area (TPSA) is 210 Å². The summed E-state index contributed by atoms with van der Waals surface area (Å²) in [5.74, 6) is -1.57. The fraction of sp³-hybridized carbons (Fsp3) is 0.434. The fourth-order valence-electron chi connectivity index (χ4n) is 14.1. The number of amides is 6. The van der Waals surface area contributed by atoms with Gasteiger partial charge in [-0.15, -0.1) is 0 Å². The molecule has 17 heteroatoms. The molecule has 3 fully saturated rings. The van der Waals surface area contributed by atoms with Gasteiger partial charge in [0.15, 0.2) is 5.60 Å². The quantitative estimate of drug-likeness (QED) is 0.0157. The third-order valence-corrected chi connectivity index (χ3v) is 19.3. The second-order valence-electron chi connectivity index (χ2n) is 26.8. The molecule has 3 saturated carbocycles. The third-order valence-electron chi connectivity index (χ3n) is 18.6. The van der Waals surface area contributed by atoms with Crippen molar-refractivity contribution in [3.05, 3.63) is 207 Å². The van der Waals surface area contributed by atoms with Crippen LogP contribution in [0.5, 0.6) is 0 Å². The maximum absolute atomic E-state index is 14.8. The molecule has 3 unspecified atom stereocenters. The molecule has 2 bridgehead atoms. The van der Waals surface area contributed by atoms with Gasteiger partial charge < -0.3 is 41.4 Å². The Morgan fingerprint density at radius 1 is 0.538 bits per heavy atom. The van der Waals surface area contributed by atoms with E-state index >= 15 is 0 Å². The number of rotatable bonds is 28. The summed E-state index contributed by atoms with van der Waals surface area (Å²) in [6.07, 6.45) is 15.0. The first kappa shape index (κ1) is 69.3. The number of alkyl carbamates (subject to hydrolysis) is 1. The lowest BCUT2D eigenvalue weighted by Gasteiger charge is -2.41. The van der Waals surface area contributed by atoms with Crippen LogP contribution in [0.2, 0.25) is 10.0 Å². The number of unbranched alkanes of at least 4 members (excludes halogenated alkanes) is 2. The molecule has 0 aliphatic heterocycles. The second-order valence-corrected chi connectivity index (χ2v) is 27.6. The number of esters is 1. The number of nitrogens with one attached hydrogen (secondary N) is 6. The minimum absolute atomic E-state index is 0.0193. The summed E-state index contributed by atoms with van der Waals surface area (Å²) >= 11 is 13.6. The molecule has 9 rings (SSSR count). The molecule has 3 aliphatic rings. The summed E-state index contributed by atoms with van der Waals surface area (Å²) < 4.78 is 12.4. The number of anilines is 1. The zero-order valence-corrected chi connectivity index (χ0v) is 55.4. The summed E-state index contributed by atoms with van der Waals surface area (Å²) in [7, 11) is 0. The highest BCUT2D eigenvalue weighted by Gasteiger charge is 2.46. The number of halogens is 2. The van der Waals surface area contributed by atoms with Crippen LogP contribution in [0.25, 0.3) is 0 Å². The first-order chi connectivity index (χ1) is 44.8. The Hall–Kier alpha value is -8.01. The van der Waals surface area contributed by atoms with Crippen LogP contribution in [0.3, 0.4) is 0 Å². The molecule has 3 aliphatic carbocycles. The van der Waals surface area contributed by atoms with E-state index in [4.69, 9.17) is 32.7 Å². The van der Waals surface area contributed by atoms with Crippen molar-refractivity contribution in [2.24, 2.45) is 11.3 Å². The number of carbonyl (C=O) groups excluding carboxylic acids is 7. The average molecular weight is 1300 g/mol. The van der Waals surface area contributed by atoms with Crippen molar-refractivity contribution in [1.29, 1.82) is 0 Å². The van der Waals surface area contributed by atoms with Crippen molar-refractivity contribution >= 4 is 70.5 Å². The predicted molar refractivity (Wildman–Crippen MR) is 365 cm³/mol. The van der Waals surface area contributed by atoms with Gasteiger partial charge in [0.25, 0.3) is 0 Å². The first-order valence-corrected chi connectivity index (χ1v) is 34.0. The molecule has 6 N–H and O–H groups in total. The molecular formula is C76H90Cl2N6O9. The molecule has 0 aromatic heterocycles. The van der Waals surface area contributed by atoms with Crippen molar-refractivity contribution in [2.75, 3.05) is 25.0 Å². The number of ether oxygens (including phenoxy) is 2. The van der Waals surface area contributed by atoms with E-state index in [1.807, 2.05) is 91.0 Å².